The molecular weight excluding hydrogens is 308 g/mol. The van der Waals surface area contributed by atoms with E-state index in [0.717, 1.165) is 32.4 Å². The van der Waals surface area contributed by atoms with E-state index in [4.69, 9.17) is 5.73 Å². The van der Waals surface area contributed by atoms with Crippen LogP contribution in [-0.2, 0) is 4.79 Å². The number of unbranched alkanes of at least 4 members (excludes halogenated alkanes) is 7. The van der Waals surface area contributed by atoms with Gasteiger partial charge >= 0.3 is 0 Å². The lowest BCUT2D eigenvalue weighted by molar-refractivity contribution is -0.121. The first-order valence-electron chi connectivity index (χ1n) is 11.1. The fourth-order valence-corrected chi connectivity index (χ4v) is 3.79. The topological polar surface area (TPSA) is 55.1 Å². The van der Waals surface area contributed by atoms with Crippen LogP contribution in [-0.4, -0.2) is 19.0 Å². The van der Waals surface area contributed by atoms with Crippen LogP contribution < -0.4 is 11.1 Å². The molecule has 150 valence electrons. The quantitative estimate of drug-likeness (QED) is 0.298. The van der Waals surface area contributed by atoms with Gasteiger partial charge < -0.3 is 11.1 Å². The summed E-state index contributed by atoms with van der Waals surface area (Å²) in [6.45, 7) is 8.42. The minimum absolute atomic E-state index is 0.234. The van der Waals surface area contributed by atoms with Gasteiger partial charge in [-0.15, -0.1) is 0 Å². The van der Waals surface area contributed by atoms with Gasteiger partial charge in [0.15, 0.2) is 0 Å². The predicted octanol–water partition coefficient (Wildman–Crippen LogP) is 5.96. The lowest BCUT2D eigenvalue weighted by Crippen LogP contribution is -2.30. The van der Waals surface area contributed by atoms with Crippen LogP contribution in [0.15, 0.2) is 0 Å². The summed E-state index contributed by atoms with van der Waals surface area (Å²) in [7, 11) is 0. The molecule has 0 rings (SSSR count). The summed E-state index contributed by atoms with van der Waals surface area (Å²) < 4.78 is 0. The van der Waals surface area contributed by atoms with Gasteiger partial charge in [-0.1, -0.05) is 78.6 Å². The van der Waals surface area contributed by atoms with Crippen LogP contribution in [0.3, 0.4) is 0 Å². The lowest BCUT2D eigenvalue weighted by Gasteiger charge is -2.33. The van der Waals surface area contributed by atoms with Gasteiger partial charge in [-0.05, 0) is 44.1 Å². The van der Waals surface area contributed by atoms with E-state index in [1.165, 1.54) is 70.6 Å². The number of amides is 1. The van der Waals surface area contributed by atoms with Crippen LogP contribution in [0.2, 0.25) is 0 Å². The zero-order valence-corrected chi connectivity index (χ0v) is 17.5. The summed E-state index contributed by atoms with van der Waals surface area (Å²) >= 11 is 0. The Labute approximate surface area is 157 Å². The molecule has 0 aliphatic heterocycles. The van der Waals surface area contributed by atoms with E-state index in [9.17, 15) is 4.79 Å². The first-order chi connectivity index (χ1) is 12.1. The van der Waals surface area contributed by atoms with E-state index in [-0.39, 0.29) is 5.91 Å². The van der Waals surface area contributed by atoms with Crippen molar-refractivity contribution in [2.24, 2.45) is 11.1 Å². The van der Waals surface area contributed by atoms with Crippen molar-refractivity contribution in [1.29, 1.82) is 0 Å². The van der Waals surface area contributed by atoms with Gasteiger partial charge in [0.05, 0.1) is 0 Å². The molecule has 0 aromatic carbocycles. The molecule has 0 heterocycles. The first-order valence-corrected chi connectivity index (χ1v) is 11.1. The number of hydrogen-bond acceptors (Lipinski definition) is 2. The lowest BCUT2D eigenvalue weighted by atomic mass is 9.74. The molecule has 3 nitrogen and oxygen atoms in total. The van der Waals surface area contributed by atoms with Gasteiger partial charge in [0, 0.05) is 13.0 Å². The van der Waals surface area contributed by atoms with E-state index in [1.54, 1.807) is 0 Å². The molecule has 0 aliphatic carbocycles. The second kappa shape index (κ2) is 16.9. The van der Waals surface area contributed by atoms with Crippen molar-refractivity contribution in [3.63, 3.8) is 0 Å². The van der Waals surface area contributed by atoms with Crippen molar-refractivity contribution >= 4 is 5.91 Å². The van der Waals surface area contributed by atoms with E-state index in [2.05, 4.69) is 26.1 Å². The molecule has 0 fully saturated rings. The molecule has 25 heavy (non-hydrogen) atoms. The largest absolute Gasteiger partial charge is 0.356 e. The minimum atomic E-state index is 0.234. The van der Waals surface area contributed by atoms with Crippen LogP contribution in [0.25, 0.3) is 0 Å². The maximum absolute atomic E-state index is 11.8. The fourth-order valence-electron chi connectivity index (χ4n) is 3.79. The highest BCUT2D eigenvalue weighted by Crippen LogP contribution is 2.35. The molecule has 0 aliphatic rings. The van der Waals surface area contributed by atoms with E-state index in [0.29, 0.717) is 11.8 Å². The summed E-state index contributed by atoms with van der Waals surface area (Å²) in [6, 6.07) is 0. The van der Waals surface area contributed by atoms with Crippen LogP contribution >= 0.6 is 0 Å². The van der Waals surface area contributed by atoms with Gasteiger partial charge in [0.2, 0.25) is 5.91 Å². The highest BCUT2D eigenvalue weighted by molar-refractivity contribution is 5.75. The molecule has 0 aromatic heterocycles. The number of carbonyl (C=O) groups is 1. The average Bonchev–Trinajstić information content (AvgIpc) is 2.61. The molecule has 3 N–H and O–H groups in total. The Bertz CT molecular complexity index is 306. The summed E-state index contributed by atoms with van der Waals surface area (Å²) in [5.74, 6) is 0.234. The zero-order valence-electron chi connectivity index (χ0n) is 17.5. The third-order valence-electron chi connectivity index (χ3n) is 5.49. The van der Waals surface area contributed by atoms with Gasteiger partial charge in [-0.3, -0.25) is 4.79 Å². The molecule has 0 saturated heterocycles. The normalized spacial score (nSPS) is 13.6. The highest BCUT2D eigenvalue weighted by atomic mass is 16.1. The first kappa shape index (κ1) is 24.4. The van der Waals surface area contributed by atoms with Crippen molar-refractivity contribution in [3.8, 4) is 0 Å². The van der Waals surface area contributed by atoms with Crippen molar-refractivity contribution in [1.82, 2.24) is 5.32 Å². The Kier molecular flexibility index (Phi) is 16.5. The van der Waals surface area contributed by atoms with Crippen LogP contribution in [0.1, 0.15) is 117 Å². The standard InChI is InChI=1S/C22H46N2O/c1-4-7-9-14-19-24-21(25)15-11-10-13-18-22(20-23,16-6-3)17-12-8-5-2/h4-20,23H2,1-3H3,(H,24,25). The Morgan fingerprint density at radius 2 is 1.36 bits per heavy atom. The number of nitrogens with two attached hydrogens (primary N) is 1. The predicted molar refractivity (Wildman–Crippen MR) is 111 cm³/mol. The van der Waals surface area contributed by atoms with E-state index in [1.807, 2.05) is 0 Å². The van der Waals surface area contributed by atoms with Crippen LogP contribution in [0.4, 0.5) is 0 Å². The summed E-state index contributed by atoms with van der Waals surface area (Å²) in [5.41, 5.74) is 6.52. The molecule has 1 unspecified atom stereocenters. The third-order valence-corrected chi connectivity index (χ3v) is 5.49. The second-order valence-corrected chi connectivity index (χ2v) is 7.88. The van der Waals surface area contributed by atoms with Crippen molar-refractivity contribution < 1.29 is 4.79 Å². The second-order valence-electron chi connectivity index (χ2n) is 7.88. The van der Waals surface area contributed by atoms with Crippen molar-refractivity contribution in [2.75, 3.05) is 13.1 Å². The fraction of sp³-hybridized carbons (Fsp3) is 0.955. The SMILES string of the molecule is CCCCCCNC(=O)CCCCCC(CN)(CCC)CCCCC. The summed E-state index contributed by atoms with van der Waals surface area (Å²) in [5, 5.41) is 3.06. The molecule has 0 saturated carbocycles. The monoisotopic (exact) mass is 354 g/mol. The molecule has 0 aromatic rings. The maximum Gasteiger partial charge on any atom is 0.219 e. The van der Waals surface area contributed by atoms with Gasteiger partial charge in [-0.2, -0.15) is 0 Å². The summed E-state index contributed by atoms with van der Waals surface area (Å²) in [4.78, 5) is 11.8. The van der Waals surface area contributed by atoms with Gasteiger partial charge in [-0.25, -0.2) is 0 Å². The van der Waals surface area contributed by atoms with E-state index < -0.39 is 0 Å². The molecule has 1 atom stereocenters. The smallest absolute Gasteiger partial charge is 0.219 e. The van der Waals surface area contributed by atoms with Crippen molar-refractivity contribution in [3.05, 3.63) is 0 Å². The van der Waals surface area contributed by atoms with E-state index >= 15 is 0 Å². The molecular formula is C22H46N2O. The Hall–Kier alpha value is -0.570. The van der Waals surface area contributed by atoms with Gasteiger partial charge in [0.1, 0.15) is 0 Å². The Morgan fingerprint density at radius 3 is 1.96 bits per heavy atom. The minimum Gasteiger partial charge on any atom is -0.356 e. The zero-order chi connectivity index (χ0) is 18.8. The molecule has 0 bridgehead atoms. The Morgan fingerprint density at radius 1 is 0.760 bits per heavy atom. The maximum atomic E-state index is 11.8. The highest BCUT2D eigenvalue weighted by Gasteiger charge is 2.26. The molecule has 0 spiro atoms. The molecule has 3 heteroatoms. The molecule has 1 amide bonds. The summed E-state index contributed by atoms with van der Waals surface area (Å²) in [6.07, 6.45) is 17.9. The van der Waals surface area contributed by atoms with Crippen molar-refractivity contribution in [2.45, 2.75) is 117 Å². The van der Waals surface area contributed by atoms with Gasteiger partial charge in [0.25, 0.3) is 0 Å². The third kappa shape index (κ3) is 13.3. The van der Waals surface area contributed by atoms with Crippen LogP contribution in [0, 0.1) is 5.41 Å². The molecule has 0 radical (unpaired) electrons. The Balaban J connectivity index is 3.87. The average molecular weight is 355 g/mol. The number of hydrogen-bond donors (Lipinski definition) is 2. The number of rotatable bonds is 18. The van der Waals surface area contributed by atoms with Crippen LogP contribution in [0.5, 0.6) is 0 Å². The number of nitrogens with one attached hydrogen (secondary N) is 1. The number of carbonyl (C=O) groups excluding carboxylic acids is 1.